The number of benzene rings is 1. The van der Waals surface area contributed by atoms with Gasteiger partial charge in [0, 0.05) is 0 Å². The average Bonchev–Trinajstić information content (AvgIpc) is 3.10. The first-order valence-corrected chi connectivity index (χ1v) is 6.84. The molecule has 0 unspecified atom stereocenters. The summed E-state index contributed by atoms with van der Waals surface area (Å²) in [5.74, 6) is -0.815. The second-order valence-corrected chi connectivity index (χ2v) is 6.26. The van der Waals surface area contributed by atoms with Gasteiger partial charge in [0.05, 0.1) is 12.0 Å². The molecule has 0 heterocycles. The molecule has 0 saturated heterocycles. The van der Waals surface area contributed by atoms with Crippen molar-refractivity contribution < 1.29 is 19.4 Å². The molecular weight excluding hydrogens is 256 g/mol. The highest BCUT2D eigenvalue weighted by Gasteiger charge is 2.28. The van der Waals surface area contributed by atoms with Crippen molar-refractivity contribution in [3.63, 3.8) is 0 Å². The topological polar surface area (TPSA) is 63.6 Å². The van der Waals surface area contributed by atoms with Crippen LogP contribution in [0.1, 0.15) is 61.0 Å². The number of ether oxygens (including phenoxy) is 1. The van der Waals surface area contributed by atoms with Gasteiger partial charge in [-0.2, -0.15) is 0 Å². The Labute approximate surface area is 118 Å². The number of carbonyl (C=O) groups is 2. The number of aromatic carboxylic acids is 1. The Morgan fingerprint density at radius 1 is 1.30 bits per heavy atom. The van der Waals surface area contributed by atoms with Crippen LogP contribution in [0.4, 0.5) is 0 Å². The van der Waals surface area contributed by atoms with Gasteiger partial charge in [-0.3, -0.25) is 4.79 Å². The molecule has 0 radical (unpaired) electrons. The van der Waals surface area contributed by atoms with Crippen LogP contribution in [0.2, 0.25) is 0 Å². The third-order valence-electron chi connectivity index (χ3n) is 3.16. The van der Waals surface area contributed by atoms with Gasteiger partial charge < -0.3 is 9.84 Å². The molecule has 108 valence electrons. The Kier molecular flexibility index (Phi) is 3.84. The van der Waals surface area contributed by atoms with Gasteiger partial charge in [-0.1, -0.05) is 6.07 Å². The number of carbonyl (C=O) groups excluding carboxylic acids is 1. The molecule has 1 N–H and O–H groups in total. The van der Waals surface area contributed by atoms with E-state index in [0.717, 1.165) is 24.0 Å². The lowest BCUT2D eigenvalue weighted by Crippen LogP contribution is -2.25. The van der Waals surface area contributed by atoms with Gasteiger partial charge in [0.1, 0.15) is 5.60 Å². The fourth-order valence-corrected chi connectivity index (χ4v) is 2.20. The summed E-state index contributed by atoms with van der Waals surface area (Å²) in [7, 11) is 0. The summed E-state index contributed by atoms with van der Waals surface area (Å²) >= 11 is 0. The molecule has 2 rings (SSSR count). The molecular formula is C16H20O4. The standard InChI is InChI=1S/C16H20O4/c1-16(2,3)20-14(17)9-11-6-7-12(15(18)19)8-13(11)10-4-5-10/h6-8,10H,4-5,9H2,1-3H3,(H,18,19). The minimum atomic E-state index is -0.935. The largest absolute Gasteiger partial charge is 0.478 e. The van der Waals surface area contributed by atoms with Gasteiger partial charge in [0.15, 0.2) is 0 Å². The van der Waals surface area contributed by atoms with Crippen molar-refractivity contribution in [2.75, 3.05) is 0 Å². The van der Waals surface area contributed by atoms with E-state index in [-0.39, 0.29) is 18.0 Å². The summed E-state index contributed by atoms with van der Waals surface area (Å²) < 4.78 is 5.32. The number of rotatable bonds is 4. The van der Waals surface area contributed by atoms with Crippen LogP contribution in [0.5, 0.6) is 0 Å². The summed E-state index contributed by atoms with van der Waals surface area (Å²) in [6, 6.07) is 4.98. The summed E-state index contributed by atoms with van der Waals surface area (Å²) in [6.07, 6.45) is 2.32. The number of hydrogen-bond donors (Lipinski definition) is 1. The Morgan fingerprint density at radius 2 is 1.95 bits per heavy atom. The van der Waals surface area contributed by atoms with Gasteiger partial charge >= 0.3 is 11.9 Å². The van der Waals surface area contributed by atoms with Crippen LogP contribution in [0, 0.1) is 0 Å². The molecule has 0 spiro atoms. The van der Waals surface area contributed by atoms with E-state index in [0.29, 0.717) is 5.92 Å². The van der Waals surface area contributed by atoms with E-state index in [1.807, 2.05) is 20.8 Å². The maximum Gasteiger partial charge on any atom is 0.335 e. The summed E-state index contributed by atoms with van der Waals surface area (Å²) in [5.41, 5.74) is 1.64. The Morgan fingerprint density at radius 3 is 2.45 bits per heavy atom. The maximum atomic E-state index is 11.9. The minimum absolute atomic E-state index is 0.197. The van der Waals surface area contributed by atoms with Crippen LogP contribution in [0.3, 0.4) is 0 Å². The molecule has 4 heteroatoms. The zero-order valence-corrected chi connectivity index (χ0v) is 12.1. The molecule has 1 fully saturated rings. The maximum absolute atomic E-state index is 11.9. The molecule has 0 aliphatic heterocycles. The molecule has 1 saturated carbocycles. The molecule has 1 aromatic carbocycles. The van der Waals surface area contributed by atoms with Crippen molar-refractivity contribution in [2.45, 2.75) is 51.6 Å². The zero-order valence-electron chi connectivity index (χ0n) is 12.1. The van der Waals surface area contributed by atoms with Crippen LogP contribution in [-0.4, -0.2) is 22.6 Å². The second-order valence-electron chi connectivity index (χ2n) is 6.26. The van der Waals surface area contributed by atoms with Crippen molar-refractivity contribution >= 4 is 11.9 Å². The monoisotopic (exact) mass is 276 g/mol. The van der Waals surface area contributed by atoms with Crippen LogP contribution >= 0.6 is 0 Å². The van der Waals surface area contributed by atoms with E-state index in [1.165, 1.54) is 0 Å². The van der Waals surface area contributed by atoms with Crippen molar-refractivity contribution in [3.8, 4) is 0 Å². The lowest BCUT2D eigenvalue weighted by atomic mass is 9.98. The predicted octanol–water partition coefficient (Wildman–Crippen LogP) is 3.15. The van der Waals surface area contributed by atoms with Crippen molar-refractivity contribution in [1.82, 2.24) is 0 Å². The minimum Gasteiger partial charge on any atom is -0.478 e. The lowest BCUT2D eigenvalue weighted by Gasteiger charge is -2.20. The predicted molar refractivity (Wildman–Crippen MR) is 74.9 cm³/mol. The third kappa shape index (κ3) is 3.83. The first-order chi connectivity index (χ1) is 9.26. The fourth-order valence-electron chi connectivity index (χ4n) is 2.20. The van der Waals surface area contributed by atoms with E-state index in [4.69, 9.17) is 9.84 Å². The Balaban J connectivity index is 2.19. The normalized spacial score (nSPS) is 14.9. The van der Waals surface area contributed by atoms with E-state index in [2.05, 4.69) is 0 Å². The molecule has 0 aromatic heterocycles. The van der Waals surface area contributed by atoms with E-state index >= 15 is 0 Å². The van der Waals surface area contributed by atoms with E-state index < -0.39 is 11.6 Å². The quantitative estimate of drug-likeness (QED) is 0.858. The highest BCUT2D eigenvalue weighted by molar-refractivity contribution is 5.88. The number of hydrogen-bond acceptors (Lipinski definition) is 3. The van der Waals surface area contributed by atoms with Crippen molar-refractivity contribution in [3.05, 3.63) is 34.9 Å². The van der Waals surface area contributed by atoms with E-state index in [9.17, 15) is 9.59 Å². The van der Waals surface area contributed by atoms with Gasteiger partial charge in [-0.15, -0.1) is 0 Å². The van der Waals surface area contributed by atoms with Gasteiger partial charge in [-0.25, -0.2) is 4.79 Å². The van der Waals surface area contributed by atoms with Crippen LogP contribution < -0.4 is 0 Å². The molecule has 0 atom stereocenters. The van der Waals surface area contributed by atoms with Gasteiger partial charge in [0.25, 0.3) is 0 Å². The lowest BCUT2D eigenvalue weighted by molar-refractivity contribution is -0.153. The molecule has 0 bridgehead atoms. The average molecular weight is 276 g/mol. The second kappa shape index (κ2) is 5.27. The molecule has 20 heavy (non-hydrogen) atoms. The molecule has 4 nitrogen and oxygen atoms in total. The Bertz CT molecular complexity index is 536. The molecule has 1 aliphatic rings. The van der Waals surface area contributed by atoms with Crippen molar-refractivity contribution in [2.24, 2.45) is 0 Å². The highest BCUT2D eigenvalue weighted by Crippen LogP contribution is 2.42. The zero-order chi connectivity index (χ0) is 14.9. The third-order valence-corrected chi connectivity index (χ3v) is 3.16. The van der Waals surface area contributed by atoms with Crippen LogP contribution in [0.15, 0.2) is 18.2 Å². The number of esters is 1. The summed E-state index contributed by atoms with van der Waals surface area (Å²) in [6.45, 7) is 5.50. The van der Waals surface area contributed by atoms with E-state index in [1.54, 1.807) is 18.2 Å². The summed E-state index contributed by atoms with van der Waals surface area (Å²) in [5, 5.41) is 9.05. The molecule has 1 aromatic rings. The number of carboxylic acid groups (broad SMARTS) is 1. The molecule has 1 aliphatic carbocycles. The molecule has 0 amide bonds. The Hall–Kier alpha value is -1.84. The van der Waals surface area contributed by atoms with Crippen LogP contribution in [-0.2, 0) is 16.0 Å². The van der Waals surface area contributed by atoms with Crippen molar-refractivity contribution in [1.29, 1.82) is 0 Å². The smallest absolute Gasteiger partial charge is 0.335 e. The first-order valence-electron chi connectivity index (χ1n) is 6.84. The highest BCUT2D eigenvalue weighted by atomic mass is 16.6. The SMILES string of the molecule is CC(C)(C)OC(=O)Cc1ccc(C(=O)O)cc1C1CC1. The fraction of sp³-hybridized carbons (Fsp3) is 0.500. The van der Waals surface area contributed by atoms with Gasteiger partial charge in [0.2, 0.25) is 0 Å². The van der Waals surface area contributed by atoms with Gasteiger partial charge in [-0.05, 0) is 62.8 Å². The number of carboxylic acids is 1. The first kappa shape index (κ1) is 14.6. The van der Waals surface area contributed by atoms with Crippen LogP contribution in [0.25, 0.3) is 0 Å². The summed E-state index contributed by atoms with van der Waals surface area (Å²) in [4.78, 5) is 22.9.